The third-order valence-corrected chi connectivity index (χ3v) is 9.27. The third-order valence-electron chi connectivity index (χ3n) is 8.14. The summed E-state index contributed by atoms with van der Waals surface area (Å²) in [4.78, 5) is 54.5. The quantitative estimate of drug-likeness (QED) is 0.134. The van der Waals surface area contributed by atoms with Crippen molar-refractivity contribution in [3.8, 4) is 0 Å². The predicted octanol–water partition coefficient (Wildman–Crippen LogP) is 1.01. The van der Waals surface area contributed by atoms with Gasteiger partial charge in [0.25, 0.3) is 5.91 Å². The zero-order valence-corrected chi connectivity index (χ0v) is 21.5. The molecule has 206 valence electrons. The number of carbonyl (C=O) groups excluding carboxylic acids is 3. The van der Waals surface area contributed by atoms with Crippen LogP contribution in [0.2, 0.25) is 0 Å². The molecule has 0 radical (unpaired) electrons. The van der Waals surface area contributed by atoms with Crippen LogP contribution in [0.15, 0.2) is 67.4 Å². The van der Waals surface area contributed by atoms with Gasteiger partial charge in [-0.3, -0.25) is 19.4 Å². The van der Waals surface area contributed by atoms with Crippen molar-refractivity contribution in [3.63, 3.8) is 0 Å². The van der Waals surface area contributed by atoms with Crippen LogP contribution in [0.1, 0.15) is 23.5 Å². The van der Waals surface area contributed by atoms with Crippen LogP contribution < -0.4 is 23.0 Å². The molecule has 1 fully saturated rings. The minimum atomic E-state index is -2.80. The van der Waals surface area contributed by atoms with Gasteiger partial charge in [0.2, 0.25) is 5.78 Å². The van der Waals surface area contributed by atoms with E-state index in [9.17, 15) is 34.5 Å². The highest BCUT2D eigenvalue weighted by Crippen LogP contribution is 2.57. The number of hydrogen-bond donors (Lipinski definition) is 7. The lowest BCUT2D eigenvalue weighted by molar-refractivity contribution is -0.149. The summed E-state index contributed by atoms with van der Waals surface area (Å²) >= 11 is 1.45. The second kappa shape index (κ2) is 8.84. The summed E-state index contributed by atoms with van der Waals surface area (Å²) in [5, 5.41) is 34.1. The first kappa shape index (κ1) is 25.9. The number of rotatable bonds is 4. The standard InChI is InChI=1S/C27H24N4O8S/c28-13-7-14-22(39-26(37)31-14)17-15(13)11(8-40-9-4-2-1-3-5-9)10-6-12-19(29)21(33)18(25(30)36)24(35)27(12,38)23(34)16(10)20(17)32/h1-5,7,10-12,19,32,35,38H,6,8,28-29H2,(H2,30,36)(H,31,37)/t10-,11-,12+,19+,27+/m1/s1. The SMILES string of the molecule is NC(=O)C1=C(O)[C@@]2(O)C(=O)C3=C(O)c4c(c(N)cc5[nH]c(=O)oc45)[C@H](CSc4ccccc4)[C@H]3C[C@H]2[C@H](N)C1=O. The average Bonchev–Trinajstić information content (AvgIpc) is 3.28. The van der Waals surface area contributed by atoms with Crippen molar-refractivity contribution < 1.29 is 34.1 Å². The van der Waals surface area contributed by atoms with Crippen molar-refractivity contribution in [1.82, 2.24) is 4.98 Å². The lowest BCUT2D eigenvalue weighted by Crippen LogP contribution is -2.65. The summed E-state index contributed by atoms with van der Waals surface area (Å²) in [6.45, 7) is 0. The Morgan fingerprint density at radius 3 is 2.55 bits per heavy atom. The van der Waals surface area contributed by atoms with E-state index >= 15 is 0 Å². The number of hydrogen-bond acceptors (Lipinski definition) is 11. The molecule has 1 amide bonds. The highest BCUT2D eigenvalue weighted by molar-refractivity contribution is 7.99. The summed E-state index contributed by atoms with van der Waals surface area (Å²) in [5.41, 5.74) is 14.7. The van der Waals surface area contributed by atoms with E-state index in [4.69, 9.17) is 21.6 Å². The molecular weight excluding hydrogens is 540 g/mol. The monoisotopic (exact) mass is 564 g/mol. The molecule has 40 heavy (non-hydrogen) atoms. The van der Waals surface area contributed by atoms with Gasteiger partial charge in [0.05, 0.1) is 17.1 Å². The molecule has 10 N–H and O–H groups in total. The Morgan fingerprint density at radius 1 is 1.18 bits per heavy atom. The number of Topliss-reactive ketones (excluding diaryl/α,β-unsaturated/α-hetero) is 2. The number of primary amides is 1. The van der Waals surface area contributed by atoms with Crippen molar-refractivity contribution in [2.45, 2.75) is 28.9 Å². The third kappa shape index (κ3) is 3.41. The number of aliphatic hydroxyl groups is 3. The van der Waals surface area contributed by atoms with Crippen LogP contribution in [0.5, 0.6) is 0 Å². The molecule has 0 saturated heterocycles. The Morgan fingerprint density at radius 2 is 1.88 bits per heavy atom. The van der Waals surface area contributed by atoms with E-state index in [2.05, 4.69) is 4.98 Å². The van der Waals surface area contributed by atoms with Gasteiger partial charge in [0.1, 0.15) is 17.1 Å². The van der Waals surface area contributed by atoms with Crippen LogP contribution in [0.25, 0.3) is 16.9 Å². The molecule has 0 spiro atoms. The van der Waals surface area contributed by atoms with Crippen LogP contribution in [0.3, 0.4) is 0 Å². The number of aromatic amines is 1. The first-order valence-corrected chi connectivity index (χ1v) is 13.3. The minimum Gasteiger partial charge on any atom is -0.508 e. The van der Waals surface area contributed by atoms with Crippen LogP contribution in [-0.2, 0) is 14.4 Å². The van der Waals surface area contributed by atoms with Crippen molar-refractivity contribution in [1.29, 1.82) is 0 Å². The molecule has 12 nitrogen and oxygen atoms in total. The molecule has 0 unspecified atom stereocenters. The molecule has 0 bridgehead atoms. The van der Waals surface area contributed by atoms with Gasteiger partial charge in [-0.2, -0.15) is 0 Å². The fourth-order valence-corrected chi connectivity index (χ4v) is 7.46. The van der Waals surface area contributed by atoms with E-state index in [-0.39, 0.29) is 34.3 Å². The van der Waals surface area contributed by atoms with Gasteiger partial charge in [-0.05, 0) is 36.1 Å². The van der Waals surface area contributed by atoms with Crippen molar-refractivity contribution in [2.75, 3.05) is 11.5 Å². The highest BCUT2D eigenvalue weighted by atomic mass is 32.2. The fourth-order valence-electron chi connectivity index (χ4n) is 6.34. The smallest absolute Gasteiger partial charge is 0.417 e. The molecule has 1 saturated carbocycles. The number of anilines is 1. The number of aromatic nitrogens is 1. The summed E-state index contributed by atoms with van der Waals surface area (Å²) in [6, 6.07) is 9.35. The number of benzene rings is 2. The van der Waals surface area contributed by atoms with Crippen LogP contribution >= 0.6 is 11.8 Å². The van der Waals surface area contributed by atoms with Crippen LogP contribution in [0.4, 0.5) is 5.69 Å². The number of H-pyrrole nitrogens is 1. The van der Waals surface area contributed by atoms with Gasteiger partial charge < -0.3 is 36.9 Å². The summed E-state index contributed by atoms with van der Waals surface area (Å²) in [6.07, 6.45) is -0.126. The molecule has 2 aromatic carbocycles. The fraction of sp³-hybridized carbons (Fsp3) is 0.259. The number of fused-ring (bicyclic) bond motifs is 5. The molecule has 1 aromatic heterocycles. The summed E-state index contributed by atoms with van der Waals surface area (Å²) < 4.78 is 5.32. The lowest BCUT2D eigenvalue weighted by Gasteiger charge is -2.50. The molecule has 6 rings (SSSR count). The van der Waals surface area contributed by atoms with E-state index in [1.54, 1.807) is 0 Å². The Bertz CT molecular complexity index is 1760. The summed E-state index contributed by atoms with van der Waals surface area (Å²) in [7, 11) is 0. The first-order chi connectivity index (χ1) is 19.0. The Kier molecular flexibility index (Phi) is 5.73. The zero-order valence-electron chi connectivity index (χ0n) is 20.7. The Balaban J connectivity index is 1.60. The van der Waals surface area contributed by atoms with Crippen molar-refractivity contribution in [2.24, 2.45) is 23.3 Å². The average molecular weight is 565 g/mol. The van der Waals surface area contributed by atoms with Gasteiger partial charge >= 0.3 is 5.76 Å². The maximum atomic E-state index is 14.1. The number of oxazole rings is 1. The molecular formula is C27H24N4O8S. The topological polar surface area (TPSA) is 236 Å². The number of ketones is 2. The number of thioether (sulfide) groups is 1. The van der Waals surface area contributed by atoms with Gasteiger partial charge in [0, 0.05) is 33.7 Å². The van der Waals surface area contributed by atoms with E-state index in [1.807, 2.05) is 30.3 Å². The van der Waals surface area contributed by atoms with E-state index in [0.29, 0.717) is 11.3 Å². The second-order valence-corrected chi connectivity index (χ2v) is 11.3. The second-order valence-electron chi connectivity index (χ2n) is 10.2. The number of nitrogens with one attached hydrogen (secondary N) is 1. The highest BCUT2D eigenvalue weighted by Gasteiger charge is 2.64. The predicted molar refractivity (Wildman–Crippen MR) is 144 cm³/mol. The maximum Gasteiger partial charge on any atom is 0.417 e. The van der Waals surface area contributed by atoms with Gasteiger partial charge in [0.15, 0.2) is 17.0 Å². The first-order valence-electron chi connectivity index (χ1n) is 12.3. The number of nitrogens with two attached hydrogens (primary N) is 3. The number of carbonyl (C=O) groups is 3. The molecule has 1 heterocycles. The molecule has 3 aliphatic carbocycles. The molecule has 5 atom stereocenters. The van der Waals surface area contributed by atoms with Gasteiger partial charge in [-0.15, -0.1) is 11.8 Å². The number of amides is 1. The normalized spacial score (nSPS) is 27.9. The van der Waals surface area contributed by atoms with E-state index in [0.717, 1.165) is 4.90 Å². The minimum absolute atomic E-state index is 0.00319. The Hall–Kier alpha value is -4.33. The molecule has 0 aliphatic heterocycles. The van der Waals surface area contributed by atoms with Crippen LogP contribution in [0, 0.1) is 11.8 Å². The van der Waals surface area contributed by atoms with E-state index in [1.165, 1.54) is 17.8 Å². The van der Waals surface area contributed by atoms with Gasteiger partial charge in [-0.25, -0.2) is 4.79 Å². The number of aliphatic hydroxyl groups excluding tert-OH is 2. The summed E-state index contributed by atoms with van der Waals surface area (Å²) in [5.74, 6) is -8.50. The van der Waals surface area contributed by atoms with Crippen molar-refractivity contribution >= 4 is 51.8 Å². The zero-order chi connectivity index (χ0) is 28.7. The Labute approximate surface area is 229 Å². The maximum absolute atomic E-state index is 14.1. The molecule has 13 heteroatoms. The molecule has 3 aliphatic rings. The number of nitrogen functional groups attached to an aromatic ring is 1. The lowest BCUT2D eigenvalue weighted by atomic mass is 9.56. The van der Waals surface area contributed by atoms with Crippen LogP contribution in [-0.4, -0.2) is 55.2 Å². The van der Waals surface area contributed by atoms with Gasteiger partial charge in [-0.1, -0.05) is 18.2 Å². The van der Waals surface area contributed by atoms with E-state index < -0.39 is 69.7 Å². The van der Waals surface area contributed by atoms with Crippen molar-refractivity contribution in [3.05, 3.63) is 75.0 Å². The largest absolute Gasteiger partial charge is 0.508 e. The molecule has 3 aromatic rings.